The van der Waals surface area contributed by atoms with E-state index in [1.54, 1.807) is 50.6 Å². The van der Waals surface area contributed by atoms with Crippen molar-refractivity contribution in [1.29, 1.82) is 0 Å². The molecule has 3 rings (SSSR count). The SMILES string of the molecule is COc1ccc(CNC(=O)COc2ccc(N(Cc3ccc(C)cc3)S(C)(=O)=O)cc2)cc1OC. The van der Waals surface area contributed by atoms with E-state index in [1.165, 1.54) is 10.6 Å². The molecule has 1 amide bonds. The normalized spacial score (nSPS) is 11.0. The number of ether oxygens (including phenoxy) is 3. The molecule has 0 saturated carbocycles. The van der Waals surface area contributed by atoms with Gasteiger partial charge in [-0.1, -0.05) is 35.9 Å². The molecule has 0 aliphatic carbocycles. The number of hydrogen-bond donors (Lipinski definition) is 1. The maximum atomic E-state index is 12.4. The number of rotatable bonds is 11. The van der Waals surface area contributed by atoms with Gasteiger partial charge in [0.1, 0.15) is 5.75 Å². The largest absolute Gasteiger partial charge is 0.493 e. The predicted octanol–water partition coefficient (Wildman–Crippen LogP) is 3.67. The third-order valence-corrected chi connectivity index (χ3v) is 6.42. The molecule has 0 bridgehead atoms. The highest BCUT2D eigenvalue weighted by molar-refractivity contribution is 7.92. The Bertz CT molecular complexity index is 1240. The lowest BCUT2D eigenvalue weighted by molar-refractivity contribution is -0.123. The number of amides is 1. The molecule has 8 nitrogen and oxygen atoms in total. The highest BCUT2D eigenvalue weighted by Crippen LogP contribution is 2.27. The van der Waals surface area contributed by atoms with Crippen molar-refractivity contribution in [2.75, 3.05) is 31.4 Å². The summed E-state index contributed by atoms with van der Waals surface area (Å²) >= 11 is 0. The maximum absolute atomic E-state index is 12.4. The molecule has 9 heteroatoms. The molecule has 0 spiro atoms. The number of hydrogen-bond acceptors (Lipinski definition) is 6. The Morgan fingerprint density at radius 1 is 0.886 bits per heavy atom. The van der Waals surface area contributed by atoms with E-state index in [9.17, 15) is 13.2 Å². The maximum Gasteiger partial charge on any atom is 0.258 e. The number of anilines is 1. The number of methoxy groups -OCH3 is 2. The minimum atomic E-state index is -3.50. The Balaban J connectivity index is 1.57. The highest BCUT2D eigenvalue weighted by atomic mass is 32.2. The van der Waals surface area contributed by atoms with Crippen LogP contribution in [0.3, 0.4) is 0 Å². The van der Waals surface area contributed by atoms with E-state index in [0.717, 1.165) is 16.7 Å². The van der Waals surface area contributed by atoms with Crippen LogP contribution in [0.1, 0.15) is 16.7 Å². The molecule has 0 radical (unpaired) electrons. The van der Waals surface area contributed by atoms with Crippen molar-refractivity contribution < 1.29 is 27.4 Å². The predicted molar refractivity (Wildman–Crippen MR) is 136 cm³/mol. The van der Waals surface area contributed by atoms with Crippen molar-refractivity contribution in [3.05, 3.63) is 83.4 Å². The van der Waals surface area contributed by atoms with Crippen molar-refractivity contribution >= 4 is 21.6 Å². The number of sulfonamides is 1. The lowest BCUT2D eigenvalue weighted by Crippen LogP contribution is -2.29. The van der Waals surface area contributed by atoms with Crippen molar-refractivity contribution in [2.45, 2.75) is 20.0 Å². The van der Waals surface area contributed by atoms with Crippen LogP contribution in [-0.4, -0.2) is 41.4 Å². The average molecular weight is 499 g/mol. The van der Waals surface area contributed by atoms with E-state index in [-0.39, 0.29) is 19.1 Å². The van der Waals surface area contributed by atoms with Crippen LogP contribution < -0.4 is 23.8 Å². The second-order valence-corrected chi connectivity index (χ2v) is 9.91. The molecule has 0 aliphatic heterocycles. The Kier molecular flexibility index (Phi) is 8.59. The van der Waals surface area contributed by atoms with Crippen LogP contribution in [0.4, 0.5) is 5.69 Å². The standard InChI is InChI=1S/C26H30N2O6S/c1-19-5-7-20(8-6-19)17-28(35(4,30)31)22-10-12-23(13-11-22)34-18-26(29)27-16-21-9-14-24(32-2)25(15-21)33-3/h5-15H,16-18H2,1-4H3,(H,27,29). The minimum Gasteiger partial charge on any atom is -0.493 e. The fraction of sp³-hybridized carbons (Fsp3) is 0.269. The third-order valence-electron chi connectivity index (χ3n) is 5.28. The summed E-state index contributed by atoms with van der Waals surface area (Å²) in [4.78, 5) is 12.2. The molecule has 1 N–H and O–H groups in total. The van der Waals surface area contributed by atoms with Crippen LogP contribution in [0.15, 0.2) is 66.7 Å². The third kappa shape index (κ3) is 7.38. The number of nitrogens with one attached hydrogen (secondary N) is 1. The van der Waals surface area contributed by atoms with E-state index < -0.39 is 10.0 Å². The Morgan fingerprint density at radius 3 is 2.11 bits per heavy atom. The summed E-state index contributed by atoms with van der Waals surface area (Å²) in [5.74, 6) is 1.36. The number of nitrogens with zero attached hydrogens (tertiary/aromatic N) is 1. The molecule has 186 valence electrons. The topological polar surface area (TPSA) is 94.2 Å². The van der Waals surface area contributed by atoms with Gasteiger partial charge in [-0.15, -0.1) is 0 Å². The van der Waals surface area contributed by atoms with Gasteiger partial charge in [-0.25, -0.2) is 8.42 Å². The van der Waals surface area contributed by atoms with Gasteiger partial charge in [0.15, 0.2) is 18.1 Å². The molecule has 3 aromatic rings. The first-order valence-electron chi connectivity index (χ1n) is 10.9. The summed E-state index contributed by atoms with van der Waals surface area (Å²) in [7, 11) is -0.383. The van der Waals surface area contributed by atoms with E-state index in [4.69, 9.17) is 14.2 Å². The van der Waals surface area contributed by atoms with E-state index in [0.29, 0.717) is 29.5 Å². The van der Waals surface area contributed by atoms with Crippen LogP contribution in [0.25, 0.3) is 0 Å². The first-order valence-corrected chi connectivity index (χ1v) is 12.8. The average Bonchev–Trinajstić information content (AvgIpc) is 2.85. The molecule has 0 atom stereocenters. The summed E-state index contributed by atoms with van der Waals surface area (Å²) in [6.45, 7) is 2.33. The van der Waals surface area contributed by atoms with Gasteiger partial charge in [-0.05, 0) is 54.4 Å². The Morgan fingerprint density at radius 2 is 1.51 bits per heavy atom. The summed E-state index contributed by atoms with van der Waals surface area (Å²) in [6.07, 6.45) is 1.17. The van der Waals surface area contributed by atoms with Crippen molar-refractivity contribution in [1.82, 2.24) is 5.32 Å². The molecular formula is C26H30N2O6S. The quantitative estimate of drug-likeness (QED) is 0.434. The van der Waals surface area contributed by atoms with E-state index in [2.05, 4.69) is 5.32 Å². The summed E-state index contributed by atoms with van der Waals surface area (Å²) < 4.78 is 42.2. The fourth-order valence-electron chi connectivity index (χ4n) is 3.36. The van der Waals surface area contributed by atoms with Gasteiger partial charge in [-0.2, -0.15) is 0 Å². The summed E-state index contributed by atoms with van der Waals surface area (Å²) in [5.41, 5.74) is 3.36. The van der Waals surface area contributed by atoms with Crippen LogP contribution in [0.5, 0.6) is 17.2 Å². The minimum absolute atomic E-state index is 0.175. The zero-order valence-electron chi connectivity index (χ0n) is 20.3. The van der Waals surface area contributed by atoms with Crippen LogP contribution >= 0.6 is 0 Å². The molecule has 0 unspecified atom stereocenters. The monoisotopic (exact) mass is 498 g/mol. The second kappa shape index (κ2) is 11.6. The van der Waals surface area contributed by atoms with Gasteiger partial charge in [0, 0.05) is 6.54 Å². The first kappa shape index (κ1) is 25.9. The van der Waals surface area contributed by atoms with E-state index >= 15 is 0 Å². The number of carbonyl (C=O) groups excluding carboxylic acids is 1. The molecule has 0 aliphatic rings. The van der Waals surface area contributed by atoms with Crippen molar-refractivity contribution in [3.63, 3.8) is 0 Å². The molecule has 35 heavy (non-hydrogen) atoms. The van der Waals surface area contributed by atoms with Gasteiger partial charge in [0.25, 0.3) is 5.91 Å². The van der Waals surface area contributed by atoms with Gasteiger partial charge in [0.2, 0.25) is 10.0 Å². The molecule has 0 fully saturated rings. The van der Waals surface area contributed by atoms with Crippen LogP contribution in [0.2, 0.25) is 0 Å². The number of aryl methyl sites for hydroxylation is 1. The second-order valence-electron chi connectivity index (χ2n) is 8.00. The molecular weight excluding hydrogens is 468 g/mol. The number of carbonyl (C=O) groups is 1. The first-order chi connectivity index (χ1) is 16.7. The Labute approximate surface area is 206 Å². The van der Waals surface area contributed by atoms with Gasteiger partial charge in [0.05, 0.1) is 32.7 Å². The molecule has 0 heterocycles. The molecule has 0 aromatic heterocycles. The Hall–Kier alpha value is -3.72. The van der Waals surface area contributed by atoms with Gasteiger partial charge >= 0.3 is 0 Å². The molecule has 3 aromatic carbocycles. The van der Waals surface area contributed by atoms with Gasteiger partial charge in [-0.3, -0.25) is 9.10 Å². The van der Waals surface area contributed by atoms with Gasteiger partial charge < -0.3 is 19.5 Å². The number of benzene rings is 3. The summed E-state index contributed by atoms with van der Waals surface area (Å²) in [6, 6.07) is 19.7. The van der Waals surface area contributed by atoms with Crippen LogP contribution in [0, 0.1) is 6.92 Å². The van der Waals surface area contributed by atoms with Crippen molar-refractivity contribution in [2.24, 2.45) is 0 Å². The summed E-state index contributed by atoms with van der Waals surface area (Å²) in [5, 5.41) is 2.79. The zero-order valence-corrected chi connectivity index (χ0v) is 21.1. The fourth-order valence-corrected chi connectivity index (χ4v) is 4.25. The van der Waals surface area contributed by atoms with Crippen molar-refractivity contribution in [3.8, 4) is 17.2 Å². The highest BCUT2D eigenvalue weighted by Gasteiger charge is 2.18. The lowest BCUT2D eigenvalue weighted by atomic mass is 10.1. The van der Waals surface area contributed by atoms with Crippen LogP contribution in [-0.2, 0) is 27.9 Å². The zero-order chi connectivity index (χ0) is 25.4. The smallest absolute Gasteiger partial charge is 0.258 e. The van der Waals surface area contributed by atoms with E-state index in [1.807, 2.05) is 37.3 Å². The lowest BCUT2D eigenvalue weighted by Gasteiger charge is -2.23. The molecule has 0 saturated heterocycles.